The van der Waals surface area contributed by atoms with Crippen LogP contribution in [0.4, 0.5) is 4.79 Å². The number of pyridine rings is 1. The number of hydrogen-bond donors (Lipinski definition) is 3. The number of alkyl carbamates (subject to hydrolysis) is 1. The third-order valence-corrected chi connectivity index (χ3v) is 3.50. The number of hydrogen-bond acceptors (Lipinski definition) is 6. The van der Waals surface area contributed by atoms with Gasteiger partial charge >= 0.3 is 6.09 Å². The highest BCUT2D eigenvalue weighted by Gasteiger charge is 2.10. The Morgan fingerprint density at radius 1 is 1.25 bits per heavy atom. The van der Waals surface area contributed by atoms with Crippen LogP contribution in [0, 0.1) is 0 Å². The molecular weight excluding hydrogens is 316 g/mol. The number of ether oxygens (including phenoxy) is 3. The number of H-pyrrole nitrogens is 1. The number of phenols is 1. The van der Waals surface area contributed by atoms with Crippen molar-refractivity contribution in [3.05, 3.63) is 40.2 Å². The van der Waals surface area contributed by atoms with Gasteiger partial charge in [0.25, 0.3) is 0 Å². The van der Waals surface area contributed by atoms with Crippen molar-refractivity contribution >= 4 is 17.0 Å². The number of aromatic hydroxyl groups is 1. The molecule has 0 spiro atoms. The summed E-state index contributed by atoms with van der Waals surface area (Å²) in [7, 11) is 2.91. The third-order valence-electron chi connectivity index (χ3n) is 3.50. The number of methoxy groups -OCH3 is 2. The molecule has 0 aliphatic rings. The molecule has 0 saturated heterocycles. The Bertz CT molecular complexity index is 754. The number of rotatable bonds is 7. The highest BCUT2D eigenvalue weighted by molar-refractivity contribution is 5.87. The molecule has 0 fully saturated rings. The van der Waals surface area contributed by atoms with Gasteiger partial charge in [0.1, 0.15) is 12.4 Å². The lowest BCUT2D eigenvalue weighted by atomic mass is 10.0. The van der Waals surface area contributed by atoms with Crippen molar-refractivity contribution in [3.8, 4) is 5.75 Å². The van der Waals surface area contributed by atoms with Crippen LogP contribution in [0.25, 0.3) is 10.9 Å². The van der Waals surface area contributed by atoms with E-state index in [0.29, 0.717) is 18.5 Å². The first-order valence-electron chi connectivity index (χ1n) is 7.35. The summed E-state index contributed by atoms with van der Waals surface area (Å²) in [6, 6.07) is 6.29. The van der Waals surface area contributed by atoms with Crippen molar-refractivity contribution in [2.24, 2.45) is 0 Å². The molecule has 3 N–H and O–H groups in total. The zero-order valence-corrected chi connectivity index (χ0v) is 13.5. The summed E-state index contributed by atoms with van der Waals surface area (Å²) >= 11 is 0. The highest BCUT2D eigenvalue weighted by Crippen LogP contribution is 2.24. The maximum Gasteiger partial charge on any atom is 0.407 e. The van der Waals surface area contributed by atoms with Crippen molar-refractivity contribution < 1.29 is 24.1 Å². The topological polar surface area (TPSA) is 110 Å². The first-order chi connectivity index (χ1) is 11.5. The van der Waals surface area contributed by atoms with Crippen LogP contribution in [0.2, 0.25) is 0 Å². The van der Waals surface area contributed by atoms with Crippen LogP contribution in [0.5, 0.6) is 5.75 Å². The average molecular weight is 336 g/mol. The fourth-order valence-electron chi connectivity index (χ4n) is 2.24. The molecule has 1 aromatic carbocycles. The predicted molar refractivity (Wildman–Crippen MR) is 87.1 cm³/mol. The molecule has 0 saturated carbocycles. The summed E-state index contributed by atoms with van der Waals surface area (Å²) in [6.45, 7) is 0.324. The van der Waals surface area contributed by atoms with E-state index in [2.05, 4.69) is 10.3 Å². The Balaban J connectivity index is 1.93. The van der Waals surface area contributed by atoms with E-state index in [1.165, 1.54) is 26.4 Å². The number of nitrogens with one attached hydrogen (secondary N) is 2. The molecule has 0 unspecified atom stereocenters. The van der Waals surface area contributed by atoms with E-state index in [1.54, 1.807) is 12.1 Å². The summed E-state index contributed by atoms with van der Waals surface area (Å²) < 4.78 is 14.8. The Morgan fingerprint density at radius 2 is 2.00 bits per heavy atom. The number of fused-ring (bicyclic) bond motifs is 1. The van der Waals surface area contributed by atoms with Crippen LogP contribution in [0.1, 0.15) is 5.56 Å². The summed E-state index contributed by atoms with van der Waals surface area (Å²) in [4.78, 5) is 25.6. The molecule has 0 radical (unpaired) electrons. The molecule has 8 heteroatoms. The fraction of sp³-hybridized carbons (Fsp3) is 0.375. The predicted octanol–water partition coefficient (Wildman–Crippen LogP) is 1.12. The minimum Gasteiger partial charge on any atom is -0.506 e. The number of phenolic OH excluding ortho intramolecular Hbond substituents is 1. The molecule has 0 bridgehead atoms. The van der Waals surface area contributed by atoms with Crippen LogP contribution in [-0.4, -0.2) is 49.8 Å². The van der Waals surface area contributed by atoms with Gasteiger partial charge in [-0.2, -0.15) is 0 Å². The summed E-state index contributed by atoms with van der Waals surface area (Å²) in [5, 5.41) is 13.2. The van der Waals surface area contributed by atoms with E-state index in [-0.39, 0.29) is 17.9 Å². The first-order valence-corrected chi connectivity index (χ1v) is 7.35. The summed E-state index contributed by atoms with van der Waals surface area (Å²) in [5.41, 5.74) is 0.971. The molecule has 2 rings (SSSR count). The monoisotopic (exact) mass is 336 g/mol. The van der Waals surface area contributed by atoms with Crippen LogP contribution in [0.15, 0.2) is 29.1 Å². The molecule has 0 aliphatic heterocycles. The van der Waals surface area contributed by atoms with Crippen molar-refractivity contribution in [2.75, 3.05) is 27.4 Å². The summed E-state index contributed by atoms with van der Waals surface area (Å²) in [6.07, 6.45) is -0.671. The van der Waals surface area contributed by atoms with Gasteiger partial charge in [0.05, 0.1) is 5.52 Å². The summed E-state index contributed by atoms with van der Waals surface area (Å²) in [5.74, 6) is 0.00370. The van der Waals surface area contributed by atoms with Gasteiger partial charge in [0.15, 0.2) is 6.29 Å². The van der Waals surface area contributed by atoms with Crippen molar-refractivity contribution in [2.45, 2.75) is 12.7 Å². The minimum atomic E-state index is -0.603. The average Bonchev–Trinajstić information content (AvgIpc) is 2.58. The van der Waals surface area contributed by atoms with Gasteiger partial charge in [-0.25, -0.2) is 4.79 Å². The Labute approximate surface area is 138 Å². The Hall–Kier alpha value is -2.58. The number of carbonyl (C=O) groups is 1. The van der Waals surface area contributed by atoms with Crippen LogP contribution >= 0.6 is 0 Å². The number of aromatic amines is 1. The molecule has 24 heavy (non-hydrogen) atoms. The second-order valence-corrected chi connectivity index (χ2v) is 5.03. The van der Waals surface area contributed by atoms with Crippen LogP contribution in [0.3, 0.4) is 0 Å². The van der Waals surface area contributed by atoms with E-state index in [4.69, 9.17) is 14.2 Å². The molecule has 1 heterocycles. The van der Waals surface area contributed by atoms with Gasteiger partial charge < -0.3 is 29.6 Å². The van der Waals surface area contributed by atoms with Gasteiger partial charge in [-0.05, 0) is 24.1 Å². The van der Waals surface area contributed by atoms with Crippen LogP contribution < -0.4 is 10.9 Å². The van der Waals surface area contributed by atoms with Crippen molar-refractivity contribution in [1.29, 1.82) is 0 Å². The number of benzene rings is 1. The second-order valence-electron chi connectivity index (χ2n) is 5.03. The lowest BCUT2D eigenvalue weighted by Crippen LogP contribution is -2.30. The number of aromatic nitrogens is 1. The molecule has 2 aromatic rings. The van der Waals surface area contributed by atoms with Crippen molar-refractivity contribution in [1.82, 2.24) is 10.3 Å². The maximum atomic E-state index is 11.6. The van der Waals surface area contributed by atoms with Gasteiger partial charge in [0, 0.05) is 32.2 Å². The van der Waals surface area contributed by atoms with E-state index < -0.39 is 12.4 Å². The lowest BCUT2D eigenvalue weighted by Gasteiger charge is -2.14. The van der Waals surface area contributed by atoms with E-state index in [1.807, 2.05) is 0 Å². The smallest absolute Gasteiger partial charge is 0.407 e. The van der Waals surface area contributed by atoms with E-state index in [9.17, 15) is 14.7 Å². The first kappa shape index (κ1) is 17.8. The molecular formula is C16H20N2O6. The van der Waals surface area contributed by atoms with E-state index in [0.717, 1.165) is 10.9 Å². The zero-order chi connectivity index (χ0) is 17.5. The van der Waals surface area contributed by atoms with E-state index >= 15 is 0 Å². The van der Waals surface area contributed by atoms with Crippen molar-refractivity contribution in [3.63, 3.8) is 0 Å². The second kappa shape index (κ2) is 8.32. The molecule has 0 aliphatic carbocycles. The normalized spacial score (nSPS) is 11.0. The molecule has 0 atom stereocenters. The minimum absolute atomic E-state index is 0.00370. The molecule has 130 valence electrons. The molecule has 8 nitrogen and oxygen atoms in total. The third kappa shape index (κ3) is 4.46. The largest absolute Gasteiger partial charge is 0.506 e. The van der Waals surface area contributed by atoms with Crippen LogP contribution in [-0.2, 0) is 20.6 Å². The Kier molecular flexibility index (Phi) is 6.16. The quantitative estimate of drug-likeness (QED) is 0.654. The van der Waals surface area contributed by atoms with Gasteiger partial charge in [-0.1, -0.05) is 6.07 Å². The SMILES string of the molecule is COC(COC(=O)NCCc1ccc(O)c2[nH]c(=O)ccc12)OC. The highest BCUT2D eigenvalue weighted by atomic mass is 16.7. The standard InChI is InChI=1S/C16H20N2O6/c1-22-14(23-2)9-24-16(21)17-8-7-10-3-5-12(19)15-11(10)4-6-13(20)18-15/h3-6,14,19H,7-9H2,1-2H3,(H,17,21)(H,18,20). The fourth-order valence-corrected chi connectivity index (χ4v) is 2.24. The van der Waals surface area contributed by atoms with Gasteiger partial charge in [-0.15, -0.1) is 0 Å². The zero-order valence-electron chi connectivity index (χ0n) is 13.5. The molecule has 1 aromatic heterocycles. The maximum absolute atomic E-state index is 11.6. The lowest BCUT2D eigenvalue weighted by molar-refractivity contribution is -0.128. The van der Waals surface area contributed by atoms with Gasteiger partial charge in [0.2, 0.25) is 5.56 Å². The number of carbonyl (C=O) groups excluding carboxylic acids is 1. The Morgan fingerprint density at radius 3 is 2.71 bits per heavy atom. The molecule has 1 amide bonds. The van der Waals surface area contributed by atoms with Gasteiger partial charge in [-0.3, -0.25) is 4.79 Å². The number of amides is 1.